The van der Waals surface area contributed by atoms with Gasteiger partial charge in [0, 0.05) is 16.7 Å². The predicted octanol–water partition coefficient (Wildman–Crippen LogP) is -0.844. The highest BCUT2D eigenvalue weighted by molar-refractivity contribution is 5.38. The lowest BCUT2D eigenvalue weighted by atomic mass is 10.1. The van der Waals surface area contributed by atoms with Gasteiger partial charge in [0.1, 0.15) is 17.5 Å². The van der Waals surface area contributed by atoms with Crippen molar-refractivity contribution in [3.63, 3.8) is 0 Å². The summed E-state index contributed by atoms with van der Waals surface area (Å²) in [6.45, 7) is 1.11. The molecule has 2 heterocycles. The first kappa shape index (κ1) is 14.7. The zero-order valence-corrected chi connectivity index (χ0v) is 11.4. The van der Waals surface area contributed by atoms with Gasteiger partial charge in [0.15, 0.2) is 18.0 Å². The molecular weight excluding hydrogens is 299 g/mol. The van der Waals surface area contributed by atoms with E-state index in [1.807, 2.05) is 0 Å². The van der Waals surface area contributed by atoms with E-state index in [9.17, 15) is 19.4 Å². The number of aryl methyl sites for hydroxylation is 1. The van der Waals surface area contributed by atoms with Gasteiger partial charge >= 0.3 is 5.69 Å². The number of nitrogens with zero attached hydrogens (tertiary/aromatic N) is 5. The maximum absolute atomic E-state index is 14.5. The molecule has 1 aliphatic carbocycles. The zero-order chi connectivity index (χ0) is 16.3. The van der Waals surface area contributed by atoms with Gasteiger partial charge in [-0.15, -0.1) is 0 Å². The minimum absolute atomic E-state index is 0.00218. The summed E-state index contributed by atoms with van der Waals surface area (Å²) in [4.78, 5) is 17.9. The van der Waals surface area contributed by atoms with Gasteiger partial charge in [-0.05, 0) is 12.5 Å². The van der Waals surface area contributed by atoms with Crippen LogP contribution in [0, 0.1) is 6.92 Å². The number of aromatic nitrogens is 2. The molecule has 1 saturated heterocycles. The fraction of sp³-hybridized carbons (Fsp3) is 0.636. The van der Waals surface area contributed by atoms with E-state index in [-0.39, 0.29) is 5.82 Å². The second-order valence-corrected chi connectivity index (χ2v) is 5.42. The Morgan fingerprint density at radius 1 is 1.73 bits per heavy atom. The Labute approximate surface area is 122 Å². The molecule has 1 aromatic rings. The van der Waals surface area contributed by atoms with Crippen LogP contribution in [0.15, 0.2) is 16.1 Å². The Morgan fingerprint density at radius 2 is 2.41 bits per heavy atom. The molecule has 11 heteroatoms. The van der Waals surface area contributed by atoms with Gasteiger partial charge in [0.2, 0.25) is 0 Å². The third-order valence-electron chi connectivity index (χ3n) is 4.27. The number of ether oxygens (including phenoxy) is 1. The van der Waals surface area contributed by atoms with Crippen molar-refractivity contribution >= 4 is 5.82 Å². The Balaban J connectivity index is 2.01. The van der Waals surface area contributed by atoms with Crippen LogP contribution < -0.4 is 11.4 Å². The van der Waals surface area contributed by atoms with Gasteiger partial charge in [-0.25, -0.2) is 9.18 Å². The number of hydrogen-bond donors (Lipinski definition) is 3. The lowest BCUT2D eigenvalue weighted by molar-refractivity contribution is -0.0903. The second kappa shape index (κ2) is 4.40. The van der Waals surface area contributed by atoms with E-state index in [4.69, 9.17) is 16.0 Å². The molecular formula is C11H13FN6O4. The first-order chi connectivity index (χ1) is 10.3. The number of fused-ring (bicyclic) bond motifs is 1. The fourth-order valence-electron chi connectivity index (χ4n) is 2.88. The van der Waals surface area contributed by atoms with E-state index < -0.39 is 41.9 Å². The third kappa shape index (κ3) is 1.56. The van der Waals surface area contributed by atoms with Gasteiger partial charge < -0.3 is 20.7 Å². The van der Waals surface area contributed by atoms with E-state index >= 15 is 0 Å². The average Bonchev–Trinajstić information content (AvgIpc) is 2.83. The number of aliphatic hydroxyl groups is 2. The van der Waals surface area contributed by atoms with Crippen molar-refractivity contribution in [3.05, 3.63) is 32.7 Å². The van der Waals surface area contributed by atoms with E-state index in [1.165, 1.54) is 6.20 Å². The number of nitrogens with two attached hydrogens (primary N) is 1. The fourth-order valence-corrected chi connectivity index (χ4v) is 2.88. The number of azide groups is 1. The van der Waals surface area contributed by atoms with Crippen LogP contribution in [-0.4, -0.2) is 49.8 Å². The van der Waals surface area contributed by atoms with Crippen molar-refractivity contribution in [1.29, 1.82) is 0 Å². The molecule has 0 spiro atoms. The monoisotopic (exact) mass is 312 g/mol. The van der Waals surface area contributed by atoms with E-state index in [1.54, 1.807) is 6.92 Å². The number of halogens is 1. The zero-order valence-electron chi connectivity index (χ0n) is 11.4. The SMILES string of the molecule is Cc1cn([C@@H]2O[C@]3(CN=[N+]=[N-])C(O)[C@]3(O)[C@H]2F)c(=O)nc1N. The summed E-state index contributed by atoms with van der Waals surface area (Å²) < 4.78 is 20.7. The first-order valence-corrected chi connectivity index (χ1v) is 6.38. The Morgan fingerprint density at radius 3 is 3.05 bits per heavy atom. The van der Waals surface area contributed by atoms with Gasteiger partial charge in [0.05, 0.1) is 6.54 Å². The van der Waals surface area contributed by atoms with Crippen LogP contribution >= 0.6 is 0 Å². The highest BCUT2D eigenvalue weighted by Crippen LogP contribution is 2.63. The van der Waals surface area contributed by atoms with Crippen LogP contribution in [0.5, 0.6) is 0 Å². The summed E-state index contributed by atoms with van der Waals surface area (Å²) in [6, 6.07) is 0. The smallest absolute Gasteiger partial charge is 0.351 e. The van der Waals surface area contributed by atoms with E-state index in [0.29, 0.717) is 5.56 Å². The maximum atomic E-state index is 14.5. The quantitative estimate of drug-likeness (QED) is 0.374. The highest BCUT2D eigenvalue weighted by Gasteiger charge is 2.87. The molecule has 0 radical (unpaired) electrons. The standard InChI is InChI=1S/C11H13FN6O4/c1-4-2-18(9(20)16-6(4)13)7-5(12)11(21)8(19)10(11,22-7)3-15-17-14/h2,5,7-8,19,21H,3H2,1H3,(H2,13,16,20)/t5-,7+,8?,10+,11+/m0/s1. The van der Waals surface area contributed by atoms with Gasteiger partial charge in [-0.2, -0.15) is 4.98 Å². The molecule has 3 rings (SSSR count). The summed E-state index contributed by atoms with van der Waals surface area (Å²) in [5.41, 5.74) is 9.42. The minimum Gasteiger partial charge on any atom is -0.387 e. The Bertz CT molecular complexity index is 749. The maximum Gasteiger partial charge on any atom is 0.351 e. The van der Waals surface area contributed by atoms with Crippen LogP contribution in [0.4, 0.5) is 10.2 Å². The normalized spacial score (nSPS) is 39.2. The number of aliphatic hydroxyl groups excluding tert-OH is 1. The van der Waals surface area contributed by atoms with E-state index in [2.05, 4.69) is 15.0 Å². The van der Waals surface area contributed by atoms with Crippen LogP contribution in [0.1, 0.15) is 11.8 Å². The van der Waals surface area contributed by atoms with Crippen molar-refractivity contribution in [3.8, 4) is 0 Å². The predicted molar refractivity (Wildman–Crippen MR) is 70.4 cm³/mol. The summed E-state index contributed by atoms with van der Waals surface area (Å²) in [6.07, 6.45) is -3.89. The molecule has 0 aromatic carbocycles. The van der Waals surface area contributed by atoms with Crippen molar-refractivity contribution in [1.82, 2.24) is 9.55 Å². The van der Waals surface area contributed by atoms with Crippen molar-refractivity contribution in [2.75, 3.05) is 12.3 Å². The molecule has 22 heavy (non-hydrogen) atoms. The number of rotatable bonds is 3. The van der Waals surface area contributed by atoms with Gasteiger partial charge in [0.25, 0.3) is 0 Å². The number of nitrogen functional groups attached to an aromatic ring is 1. The molecule has 118 valence electrons. The molecule has 5 atom stereocenters. The summed E-state index contributed by atoms with van der Waals surface area (Å²) in [7, 11) is 0. The van der Waals surface area contributed by atoms with Gasteiger partial charge in [-0.3, -0.25) is 4.57 Å². The molecule has 10 nitrogen and oxygen atoms in total. The molecule has 2 aliphatic rings. The second-order valence-electron chi connectivity index (χ2n) is 5.42. The summed E-state index contributed by atoms with van der Waals surface area (Å²) >= 11 is 0. The van der Waals surface area contributed by atoms with Crippen LogP contribution in [0.25, 0.3) is 10.4 Å². The summed E-state index contributed by atoms with van der Waals surface area (Å²) in [5.74, 6) is 0.00218. The molecule has 0 amide bonds. The van der Waals surface area contributed by atoms with Crippen molar-refractivity contribution in [2.45, 2.75) is 36.6 Å². The molecule has 1 aliphatic heterocycles. The lowest BCUT2D eigenvalue weighted by Crippen LogP contribution is -2.38. The lowest BCUT2D eigenvalue weighted by Gasteiger charge is -2.22. The van der Waals surface area contributed by atoms with Crippen LogP contribution in [0.3, 0.4) is 0 Å². The largest absolute Gasteiger partial charge is 0.387 e. The van der Waals surface area contributed by atoms with Gasteiger partial charge in [-0.1, -0.05) is 5.11 Å². The molecule has 1 aromatic heterocycles. The third-order valence-corrected chi connectivity index (χ3v) is 4.27. The Kier molecular flexibility index (Phi) is 2.94. The van der Waals surface area contributed by atoms with Crippen LogP contribution in [0.2, 0.25) is 0 Å². The average molecular weight is 312 g/mol. The minimum atomic E-state index is -2.24. The topological polar surface area (TPSA) is 159 Å². The molecule has 1 unspecified atom stereocenters. The van der Waals surface area contributed by atoms with Crippen molar-refractivity contribution < 1.29 is 19.3 Å². The highest BCUT2D eigenvalue weighted by atomic mass is 19.1. The van der Waals surface area contributed by atoms with E-state index in [0.717, 1.165) is 4.57 Å². The molecule has 1 saturated carbocycles. The van der Waals surface area contributed by atoms with Crippen molar-refractivity contribution in [2.24, 2.45) is 5.11 Å². The number of hydrogen-bond acceptors (Lipinski definition) is 7. The number of alkyl halides is 1. The van der Waals surface area contributed by atoms with Crippen LogP contribution in [-0.2, 0) is 4.74 Å². The molecule has 0 bridgehead atoms. The first-order valence-electron chi connectivity index (χ1n) is 6.38. The summed E-state index contributed by atoms with van der Waals surface area (Å²) in [5, 5.41) is 23.2. The molecule has 2 fully saturated rings. The Hall–Kier alpha value is -2.20. The number of anilines is 1. The molecule has 4 N–H and O–H groups in total.